The second kappa shape index (κ2) is 6.88. The van der Waals surface area contributed by atoms with E-state index in [1.54, 1.807) is 0 Å². The molecular formula is C12H16N2O6S2. The zero-order valence-corrected chi connectivity index (χ0v) is 13.6. The summed E-state index contributed by atoms with van der Waals surface area (Å²) < 4.78 is 46.9. The molecule has 1 aromatic carbocycles. The molecule has 1 rings (SSSR count). The Morgan fingerprint density at radius 1 is 1.09 bits per heavy atom. The zero-order chi connectivity index (χ0) is 17.0. The van der Waals surface area contributed by atoms with Gasteiger partial charge in [0.1, 0.15) is 0 Å². The van der Waals surface area contributed by atoms with Crippen LogP contribution in [0.1, 0.15) is 13.8 Å². The Labute approximate surface area is 128 Å². The number of hydrogen-bond donors (Lipinski definition) is 1. The summed E-state index contributed by atoms with van der Waals surface area (Å²) in [6.07, 6.45) is 0.902. The standard InChI is InChI=1S/C12H16N2O6S2/c1-3-21(17,18)12(22(19,20)4-2)9-13-10-5-7-11(8-6-10)14(15)16/h5-9,13H,3-4H2,1-2H3. The number of rotatable bonds is 7. The number of nitrogens with zero attached hydrogens (tertiary/aromatic N) is 1. The second-order valence-electron chi connectivity index (χ2n) is 4.22. The molecule has 0 aliphatic carbocycles. The minimum atomic E-state index is -3.92. The predicted octanol–water partition coefficient (Wildman–Crippen LogP) is 1.68. The molecule has 22 heavy (non-hydrogen) atoms. The van der Waals surface area contributed by atoms with Gasteiger partial charge in [-0.2, -0.15) is 0 Å². The van der Waals surface area contributed by atoms with Gasteiger partial charge in [0.05, 0.1) is 16.4 Å². The van der Waals surface area contributed by atoms with Crippen molar-refractivity contribution in [2.45, 2.75) is 13.8 Å². The van der Waals surface area contributed by atoms with Gasteiger partial charge in [-0.05, 0) is 12.1 Å². The Bertz CT molecular complexity index is 743. The first-order valence-electron chi connectivity index (χ1n) is 6.30. The van der Waals surface area contributed by atoms with Gasteiger partial charge in [-0.1, -0.05) is 13.8 Å². The van der Waals surface area contributed by atoms with Gasteiger partial charge in [0.25, 0.3) is 5.69 Å². The van der Waals surface area contributed by atoms with Crippen molar-refractivity contribution in [3.63, 3.8) is 0 Å². The lowest BCUT2D eigenvalue weighted by molar-refractivity contribution is -0.384. The van der Waals surface area contributed by atoms with E-state index in [-0.39, 0.29) is 17.2 Å². The van der Waals surface area contributed by atoms with Gasteiger partial charge in [0.15, 0.2) is 23.9 Å². The minimum absolute atomic E-state index is 0.128. The zero-order valence-electron chi connectivity index (χ0n) is 12.0. The van der Waals surface area contributed by atoms with Crippen LogP contribution in [0, 0.1) is 10.1 Å². The number of non-ortho nitro benzene ring substituents is 1. The van der Waals surface area contributed by atoms with E-state index in [0.29, 0.717) is 5.69 Å². The number of nitrogens with one attached hydrogen (secondary N) is 1. The quantitative estimate of drug-likeness (QED) is 0.587. The first kappa shape index (κ1) is 18.1. The van der Waals surface area contributed by atoms with Crippen LogP contribution in [0.25, 0.3) is 0 Å². The van der Waals surface area contributed by atoms with E-state index >= 15 is 0 Å². The molecule has 0 fully saturated rings. The van der Waals surface area contributed by atoms with Gasteiger partial charge in [0, 0.05) is 24.0 Å². The van der Waals surface area contributed by atoms with E-state index in [0.717, 1.165) is 6.20 Å². The van der Waals surface area contributed by atoms with Crippen molar-refractivity contribution in [2.75, 3.05) is 16.8 Å². The molecule has 0 heterocycles. The molecule has 0 amide bonds. The Balaban J connectivity index is 3.17. The summed E-state index contributed by atoms with van der Waals surface area (Å²) in [5, 5.41) is 13.1. The lowest BCUT2D eigenvalue weighted by Gasteiger charge is -2.08. The van der Waals surface area contributed by atoms with Crippen molar-refractivity contribution in [1.29, 1.82) is 0 Å². The van der Waals surface area contributed by atoms with Gasteiger partial charge < -0.3 is 5.32 Å². The van der Waals surface area contributed by atoms with E-state index in [2.05, 4.69) is 5.32 Å². The summed E-state index contributed by atoms with van der Waals surface area (Å²) in [6.45, 7) is 2.69. The summed E-state index contributed by atoms with van der Waals surface area (Å²) in [6, 6.07) is 5.14. The van der Waals surface area contributed by atoms with E-state index in [9.17, 15) is 26.9 Å². The molecule has 1 aromatic rings. The van der Waals surface area contributed by atoms with Gasteiger partial charge in [-0.25, -0.2) is 16.8 Å². The van der Waals surface area contributed by atoms with Gasteiger partial charge >= 0.3 is 0 Å². The van der Waals surface area contributed by atoms with Crippen LogP contribution in [0.3, 0.4) is 0 Å². The molecule has 0 spiro atoms. The summed E-state index contributed by atoms with van der Waals surface area (Å²) in [5.74, 6) is -0.694. The van der Waals surface area contributed by atoms with Crippen molar-refractivity contribution in [3.8, 4) is 0 Å². The first-order chi connectivity index (χ1) is 10.1. The predicted molar refractivity (Wildman–Crippen MR) is 83.7 cm³/mol. The molecule has 8 nitrogen and oxygen atoms in total. The topological polar surface area (TPSA) is 123 Å². The molecule has 0 atom stereocenters. The van der Waals surface area contributed by atoms with Gasteiger partial charge in [-0.15, -0.1) is 0 Å². The Kier molecular flexibility index (Phi) is 5.66. The van der Waals surface area contributed by atoms with Crippen molar-refractivity contribution < 1.29 is 21.8 Å². The molecule has 0 saturated carbocycles. The van der Waals surface area contributed by atoms with Crippen molar-refractivity contribution in [3.05, 3.63) is 44.8 Å². The molecule has 0 aliphatic rings. The van der Waals surface area contributed by atoms with Crippen LogP contribution in [-0.4, -0.2) is 33.3 Å². The van der Waals surface area contributed by atoms with Crippen molar-refractivity contribution in [1.82, 2.24) is 0 Å². The van der Waals surface area contributed by atoms with Crippen LogP contribution in [0.4, 0.5) is 11.4 Å². The highest BCUT2D eigenvalue weighted by molar-refractivity contribution is 8.14. The van der Waals surface area contributed by atoms with E-state index in [1.165, 1.54) is 38.1 Å². The third kappa shape index (κ3) is 4.28. The van der Waals surface area contributed by atoms with Gasteiger partial charge in [0.2, 0.25) is 0 Å². The number of anilines is 1. The fourth-order valence-electron chi connectivity index (χ4n) is 1.48. The minimum Gasteiger partial charge on any atom is -0.360 e. The highest BCUT2D eigenvalue weighted by atomic mass is 32.3. The normalized spacial score (nSPS) is 11.7. The number of hydrogen-bond acceptors (Lipinski definition) is 7. The summed E-state index contributed by atoms with van der Waals surface area (Å²) in [7, 11) is -7.84. The summed E-state index contributed by atoms with van der Waals surface area (Å²) >= 11 is 0. The number of nitro benzene ring substituents is 1. The fraction of sp³-hybridized carbons (Fsp3) is 0.333. The third-order valence-corrected chi connectivity index (χ3v) is 7.31. The van der Waals surface area contributed by atoms with Crippen LogP contribution in [-0.2, 0) is 19.7 Å². The van der Waals surface area contributed by atoms with E-state index in [4.69, 9.17) is 0 Å². The Morgan fingerprint density at radius 2 is 1.55 bits per heavy atom. The molecule has 1 N–H and O–H groups in total. The molecule has 0 saturated heterocycles. The lowest BCUT2D eigenvalue weighted by atomic mass is 10.3. The van der Waals surface area contributed by atoms with Crippen molar-refractivity contribution in [2.24, 2.45) is 0 Å². The van der Waals surface area contributed by atoms with Crippen molar-refractivity contribution >= 4 is 31.0 Å². The maximum atomic E-state index is 11.9. The first-order valence-corrected chi connectivity index (χ1v) is 9.61. The second-order valence-corrected chi connectivity index (χ2v) is 8.97. The van der Waals surface area contributed by atoms with Crippen LogP contribution < -0.4 is 5.32 Å². The van der Waals surface area contributed by atoms with Crippen LogP contribution in [0.15, 0.2) is 34.7 Å². The molecule has 10 heteroatoms. The largest absolute Gasteiger partial charge is 0.360 e. The maximum Gasteiger partial charge on any atom is 0.269 e. The molecule has 0 bridgehead atoms. The number of nitro groups is 1. The molecule has 0 radical (unpaired) electrons. The van der Waals surface area contributed by atoms with Crippen LogP contribution in [0.5, 0.6) is 0 Å². The van der Waals surface area contributed by atoms with Crippen LogP contribution in [0.2, 0.25) is 0 Å². The molecule has 0 aliphatic heterocycles. The summed E-state index contributed by atoms with van der Waals surface area (Å²) in [5.41, 5.74) is 0.206. The van der Waals surface area contributed by atoms with Crippen LogP contribution >= 0.6 is 0 Å². The molecule has 122 valence electrons. The monoisotopic (exact) mass is 348 g/mol. The molecule has 0 unspecified atom stereocenters. The Morgan fingerprint density at radius 3 is 1.91 bits per heavy atom. The third-order valence-electron chi connectivity index (χ3n) is 2.81. The smallest absolute Gasteiger partial charge is 0.269 e. The van der Waals surface area contributed by atoms with E-state index < -0.39 is 28.8 Å². The molecule has 0 aromatic heterocycles. The Hall–Kier alpha value is -1.94. The number of sulfone groups is 2. The highest BCUT2D eigenvalue weighted by Crippen LogP contribution is 2.19. The molecular weight excluding hydrogens is 332 g/mol. The maximum absolute atomic E-state index is 11.9. The SMILES string of the molecule is CCS(=O)(=O)C(=CNc1ccc([N+](=O)[O-])cc1)S(=O)(=O)CC. The van der Waals surface area contributed by atoms with E-state index in [1.807, 2.05) is 0 Å². The van der Waals surface area contributed by atoms with Gasteiger partial charge in [-0.3, -0.25) is 10.1 Å². The average Bonchev–Trinajstić information content (AvgIpc) is 2.47. The summed E-state index contributed by atoms with van der Waals surface area (Å²) in [4.78, 5) is 9.96. The highest BCUT2D eigenvalue weighted by Gasteiger charge is 2.27. The lowest BCUT2D eigenvalue weighted by Crippen LogP contribution is -2.18. The fourth-order valence-corrected chi connectivity index (χ4v) is 4.78. The number of benzene rings is 1. The average molecular weight is 348 g/mol.